The van der Waals surface area contributed by atoms with E-state index in [0.717, 1.165) is 11.3 Å². The first-order valence-electron chi connectivity index (χ1n) is 15.5. The Morgan fingerprint density at radius 1 is 1.28 bits per heavy atom. The van der Waals surface area contributed by atoms with Crippen molar-refractivity contribution in [2.75, 3.05) is 11.1 Å². The number of anilines is 2. The summed E-state index contributed by atoms with van der Waals surface area (Å²) in [5, 5.41) is 13.1. The molecule has 152 valence electrons. The smallest absolute Gasteiger partial charge is 0.230 e. The lowest BCUT2D eigenvalue weighted by molar-refractivity contribution is -0.115. The number of benzene rings is 2. The Hall–Kier alpha value is -2.70. The molecule has 0 aliphatic rings. The summed E-state index contributed by atoms with van der Waals surface area (Å²) in [5.74, 6) is -0.830. The average molecular weight is 424 g/mol. The molecule has 1 amide bonds. The van der Waals surface area contributed by atoms with Gasteiger partial charge in [0, 0.05) is 16.5 Å². The van der Waals surface area contributed by atoms with Gasteiger partial charge in [-0.15, -0.1) is 11.3 Å². The number of amides is 1. The molecule has 4 N–H and O–H groups in total. The standard InChI is InChI=1S/C23H27N3O2S/c1-16-6-10-18(11-7-16)21(27)5-3-2-4-17-8-12-19(13-9-17)25-22(28)14-20-15-29-23(24)26-20/h6-13,15,21,27H,2-5,14H2,1H3,(H2,24,26)(H,25,28)/t21-/m0/s1/i4D2,5D2,6D,7D,8D,9D,10D,11D,12D,13D,15D,21D. The van der Waals surface area contributed by atoms with E-state index in [-0.39, 0.29) is 21.7 Å². The van der Waals surface area contributed by atoms with Crippen LogP contribution >= 0.6 is 11.3 Å². The lowest BCUT2D eigenvalue weighted by atomic mass is 10.0. The fourth-order valence-corrected chi connectivity index (χ4v) is 2.61. The Morgan fingerprint density at radius 3 is 2.66 bits per heavy atom. The summed E-state index contributed by atoms with van der Waals surface area (Å²) in [6.07, 6.45) is -11.6. The van der Waals surface area contributed by atoms with E-state index in [2.05, 4.69) is 10.3 Å². The molecule has 1 heterocycles. The topological polar surface area (TPSA) is 88.2 Å². The number of carbonyl (C=O) groups is 1. The molecule has 6 heteroatoms. The number of nitrogens with one attached hydrogen (secondary N) is 1. The molecule has 0 aliphatic heterocycles. The Labute approximate surface area is 195 Å². The predicted octanol–water partition coefficient (Wildman–Crippen LogP) is 4.66. The van der Waals surface area contributed by atoms with Gasteiger partial charge in [0.25, 0.3) is 0 Å². The van der Waals surface area contributed by atoms with Crippen LogP contribution in [-0.2, 0) is 17.6 Å². The van der Waals surface area contributed by atoms with Gasteiger partial charge in [0.15, 0.2) is 5.13 Å². The average Bonchev–Trinajstić information content (AvgIpc) is 3.22. The maximum atomic E-state index is 12.5. The van der Waals surface area contributed by atoms with Gasteiger partial charge in [0.1, 0.15) is 0 Å². The van der Waals surface area contributed by atoms with Gasteiger partial charge >= 0.3 is 0 Å². The first-order chi connectivity index (χ1) is 19.6. The van der Waals surface area contributed by atoms with Crippen LogP contribution in [0.2, 0.25) is 0 Å². The second kappa shape index (κ2) is 10.2. The molecule has 0 bridgehead atoms. The van der Waals surface area contributed by atoms with Crippen molar-refractivity contribution in [3.63, 3.8) is 0 Å². The summed E-state index contributed by atoms with van der Waals surface area (Å²) in [6.45, 7) is 1.29. The van der Waals surface area contributed by atoms with Crippen molar-refractivity contribution in [3.8, 4) is 0 Å². The van der Waals surface area contributed by atoms with E-state index in [1.165, 1.54) is 6.92 Å². The normalized spacial score (nSPS) is 20.9. The highest BCUT2D eigenvalue weighted by atomic mass is 32.1. The number of aliphatic hydroxyl groups is 1. The first kappa shape index (κ1) is 9.41. The first-order valence-corrected chi connectivity index (χ1v) is 9.30. The second-order valence-corrected chi connectivity index (χ2v) is 6.60. The molecule has 0 fully saturated rings. The Kier molecular flexibility index (Phi) is 3.30. The van der Waals surface area contributed by atoms with E-state index < -0.39 is 109 Å². The summed E-state index contributed by atoms with van der Waals surface area (Å²) in [5.41, 5.74) is 3.19. The van der Waals surface area contributed by atoms with Gasteiger partial charge in [0.05, 0.1) is 31.9 Å². The van der Waals surface area contributed by atoms with Gasteiger partial charge in [-0.25, -0.2) is 4.98 Å². The number of aromatic nitrogens is 1. The van der Waals surface area contributed by atoms with Gasteiger partial charge in [-0.2, -0.15) is 0 Å². The second-order valence-electron chi connectivity index (χ2n) is 5.78. The maximum absolute atomic E-state index is 12.5. The number of nitrogens with two attached hydrogens (primary N) is 1. The van der Waals surface area contributed by atoms with E-state index >= 15 is 0 Å². The summed E-state index contributed by atoms with van der Waals surface area (Å²) in [4.78, 5) is 16.4. The molecule has 0 unspecified atom stereocenters. The van der Waals surface area contributed by atoms with Crippen LogP contribution in [0.3, 0.4) is 0 Å². The highest BCUT2D eigenvalue weighted by molar-refractivity contribution is 7.13. The molecule has 0 spiro atoms. The van der Waals surface area contributed by atoms with Crippen molar-refractivity contribution in [1.29, 1.82) is 0 Å². The van der Waals surface area contributed by atoms with E-state index in [1.807, 2.05) is 0 Å². The molecule has 5 nitrogen and oxygen atoms in total. The molecule has 1 atom stereocenters. The van der Waals surface area contributed by atoms with Gasteiger partial charge < -0.3 is 16.2 Å². The molecular formula is C23H27N3O2S. The summed E-state index contributed by atoms with van der Waals surface area (Å²) in [6, 6.07) is -6.20. The minimum Gasteiger partial charge on any atom is -0.388 e. The molecule has 0 saturated carbocycles. The Morgan fingerprint density at radius 2 is 2.00 bits per heavy atom. The largest absolute Gasteiger partial charge is 0.388 e. The molecule has 0 radical (unpaired) electrons. The van der Waals surface area contributed by atoms with E-state index in [9.17, 15) is 9.90 Å². The van der Waals surface area contributed by atoms with Crippen molar-refractivity contribution in [3.05, 3.63) is 76.1 Å². The van der Waals surface area contributed by atoms with Crippen molar-refractivity contribution in [1.82, 2.24) is 4.98 Å². The zero-order chi connectivity index (χ0) is 33.0. The number of carbonyl (C=O) groups excluding carboxylic acids is 1. The highest BCUT2D eigenvalue weighted by Crippen LogP contribution is 2.21. The van der Waals surface area contributed by atoms with Crippen molar-refractivity contribution >= 4 is 28.1 Å². The van der Waals surface area contributed by atoms with Gasteiger partial charge in [-0.3, -0.25) is 4.79 Å². The van der Waals surface area contributed by atoms with Crippen LogP contribution in [0.5, 0.6) is 0 Å². The molecule has 3 rings (SSSR count). The zero-order valence-electron chi connectivity index (χ0n) is 29.4. The minimum absolute atomic E-state index is 0.0328. The summed E-state index contributed by atoms with van der Waals surface area (Å²) in [7, 11) is 0. The zero-order valence-corrected chi connectivity index (χ0v) is 16.2. The quantitative estimate of drug-likeness (QED) is 0.467. The number of rotatable bonds is 9. The number of nitrogen functional groups attached to an aromatic ring is 1. The van der Waals surface area contributed by atoms with Crippen LogP contribution in [-0.4, -0.2) is 16.0 Å². The molecule has 0 aliphatic carbocycles. The predicted molar refractivity (Wildman–Crippen MR) is 119 cm³/mol. The van der Waals surface area contributed by atoms with Crippen LogP contribution < -0.4 is 11.1 Å². The van der Waals surface area contributed by atoms with Crippen LogP contribution in [0.25, 0.3) is 0 Å². The molecular weight excluding hydrogens is 382 g/mol. The number of thiazole rings is 1. The van der Waals surface area contributed by atoms with Crippen LogP contribution in [0.15, 0.2) is 53.7 Å². The third kappa shape index (κ3) is 6.69. The van der Waals surface area contributed by atoms with Crippen LogP contribution in [0.1, 0.15) is 66.9 Å². The summed E-state index contributed by atoms with van der Waals surface area (Å²) >= 11 is 0.831. The molecule has 1 aromatic heterocycles. The number of hydrogen-bond acceptors (Lipinski definition) is 5. The minimum atomic E-state index is -3.37. The van der Waals surface area contributed by atoms with Crippen molar-refractivity contribution in [2.24, 2.45) is 0 Å². The fourth-order valence-electron chi connectivity index (χ4n) is 2.11. The molecule has 2 aromatic carbocycles. The maximum Gasteiger partial charge on any atom is 0.230 e. The van der Waals surface area contributed by atoms with Crippen molar-refractivity contribution < 1.29 is 29.1 Å². The lowest BCUT2D eigenvalue weighted by Crippen LogP contribution is -2.14. The van der Waals surface area contributed by atoms with Crippen LogP contribution in [0.4, 0.5) is 10.8 Å². The van der Waals surface area contributed by atoms with Crippen molar-refractivity contribution in [2.45, 2.75) is 45.0 Å². The SMILES string of the molecule is [2H]c1sc(N)nc1CC(=O)Nc1c([2H])c([2H])c(C([2H])([2H])CCC([2H])([2H])[C@]([2H])(O)c2c([2H])c([2H])c(C)c([2H])c2[2H])c([2H])c1[2H]. The molecule has 3 aromatic rings. The van der Waals surface area contributed by atoms with Crippen LogP contribution in [0, 0.1) is 6.92 Å². The van der Waals surface area contributed by atoms with Gasteiger partial charge in [-0.05, 0) is 49.3 Å². The third-order valence-corrected chi connectivity index (χ3v) is 4.08. The Bertz CT molecular complexity index is 1550. The van der Waals surface area contributed by atoms with Gasteiger partial charge in [0.2, 0.25) is 5.91 Å². The highest BCUT2D eigenvalue weighted by Gasteiger charge is 2.08. The number of nitrogens with zero attached hydrogens (tertiary/aromatic N) is 1. The lowest BCUT2D eigenvalue weighted by Gasteiger charge is -2.11. The van der Waals surface area contributed by atoms with E-state index in [4.69, 9.17) is 24.9 Å². The third-order valence-electron chi connectivity index (χ3n) is 3.44. The summed E-state index contributed by atoms with van der Waals surface area (Å²) < 4.78 is 115. The number of hydrogen-bond donors (Lipinski definition) is 3. The Balaban J connectivity index is 1.93. The van der Waals surface area contributed by atoms with Gasteiger partial charge in [-0.1, -0.05) is 48.2 Å². The molecule has 0 saturated heterocycles. The van der Waals surface area contributed by atoms with E-state index in [1.54, 1.807) is 0 Å². The fraction of sp³-hybridized carbons (Fsp3) is 0.304. The molecule has 29 heavy (non-hydrogen) atoms. The monoisotopic (exact) mass is 423 g/mol. The van der Waals surface area contributed by atoms with E-state index in [0.29, 0.717) is 0 Å².